The number of hydrogen-bond acceptors (Lipinski definition) is 3. The SMILES string of the molecule is CCCC(=O)Nc1cccc(NC(=O)C2CCC(N)C2)c1C.Cl. The summed E-state index contributed by atoms with van der Waals surface area (Å²) < 4.78 is 0. The van der Waals surface area contributed by atoms with Crippen molar-refractivity contribution in [3.8, 4) is 0 Å². The Labute approximate surface area is 143 Å². The number of rotatable bonds is 5. The predicted octanol–water partition coefficient (Wildman–Crippen LogP) is 3.22. The molecule has 2 amide bonds. The van der Waals surface area contributed by atoms with E-state index in [0.717, 1.165) is 42.6 Å². The zero-order chi connectivity index (χ0) is 16.1. The van der Waals surface area contributed by atoms with Gasteiger partial charge >= 0.3 is 0 Å². The topological polar surface area (TPSA) is 84.2 Å². The van der Waals surface area contributed by atoms with Crippen LogP contribution in [0.3, 0.4) is 0 Å². The first-order chi connectivity index (χ1) is 10.5. The summed E-state index contributed by atoms with van der Waals surface area (Å²) in [7, 11) is 0. The summed E-state index contributed by atoms with van der Waals surface area (Å²) in [6, 6.07) is 5.68. The number of nitrogens with two attached hydrogens (primary N) is 1. The minimum absolute atomic E-state index is 0. The largest absolute Gasteiger partial charge is 0.328 e. The van der Waals surface area contributed by atoms with Crippen LogP contribution in [0, 0.1) is 12.8 Å². The molecule has 2 unspecified atom stereocenters. The van der Waals surface area contributed by atoms with E-state index in [0.29, 0.717) is 6.42 Å². The normalized spacial score (nSPS) is 19.8. The van der Waals surface area contributed by atoms with Crippen LogP contribution in [-0.2, 0) is 9.59 Å². The first-order valence-corrected chi connectivity index (χ1v) is 7.97. The second-order valence-corrected chi connectivity index (χ2v) is 6.04. The van der Waals surface area contributed by atoms with E-state index in [4.69, 9.17) is 5.73 Å². The summed E-state index contributed by atoms with van der Waals surface area (Å²) in [5, 5.41) is 5.86. The second kappa shape index (κ2) is 8.89. The Kier molecular flexibility index (Phi) is 7.52. The molecule has 0 saturated heterocycles. The van der Waals surface area contributed by atoms with Crippen LogP contribution in [0.25, 0.3) is 0 Å². The monoisotopic (exact) mass is 339 g/mol. The van der Waals surface area contributed by atoms with Crippen LogP contribution in [0.5, 0.6) is 0 Å². The molecule has 1 fully saturated rings. The molecule has 2 rings (SSSR count). The van der Waals surface area contributed by atoms with Gasteiger partial charge in [-0.1, -0.05) is 13.0 Å². The lowest BCUT2D eigenvalue weighted by Gasteiger charge is -2.15. The van der Waals surface area contributed by atoms with Crippen molar-refractivity contribution in [1.29, 1.82) is 0 Å². The fourth-order valence-corrected chi connectivity index (χ4v) is 2.84. The Hall–Kier alpha value is -1.59. The molecule has 6 heteroatoms. The quantitative estimate of drug-likeness (QED) is 0.770. The van der Waals surface area contributed by atoms with Gasteiger partial charge in [0.15, 0.2) is 0 Å². The Balaban J connectivity index is 0.00000264. The standard InChI is InChI=1S/C17H25N3O2.ClH/c1-3-5-16(21)19-14-6-4-7-15(11(14)2)20-17(22)12-8-9-13(18)10-12;/h4,6-7,12-13H,3,5,8-10,18H2,1-2H3,(H,19,21)(H,20,22);1H. The number of carbonyl (C=O) groups excluding carboxylic acids is 2. The molecule has 0 radical (unpaired) electrons. The van der Waals surface area contributed by atoms with Gasteiger partial charge < -0.3 is 16.4 Å². The summed E-state index contributed by atoms with van der Waals surface area (Å²) in [5.41, 5.74) is 8.24. The van der Waals surface area contributed by atoms with Crippen molar-refractivity contribution in [3.63, 3.8) is 0 Å². The minimum atomic E-state index is -0.00672. The van der Waals surface area contributed by atoms with E-state index in [9.17, 15) is 9.59 Å². The number of carbonyl (C=O) groups is 2. The Bertz CT molecular complexity index is 563. The smallest absolute Gasteiger partial charge is 0.227 e. The Morgan fingerprint density at radius 1 is 1.22 bits per heavy atom. The first kappa shape index (κ1) is 19.5. The third-order valence-corrected chi connectivity index (χ3v) is 4.19. The molecule has 0 heterocycles. The van der Waals surface area contributed by atoms with Crippen molar-refractivity contribution in [2.75, 3.05) is 10.6 Å². The maximum Gasteiger partial charge on any atom is 0.227 e. The van der Waals surface area contributed by atoms with Gasteiger partial charge in [-0.05, 0) is 50.3 Å². The third kappa shape index (κ3) is 5.22. The first-order valence-electron chi connectivity index (χ1n) is 7.97. The molecule has 0 bridgehead atoms. The molecule has 0 aromatic heterocycles. The number of amides is 2. The average molecular weight is 340 g/mol. The van der Waals surface area contributed by atoms with Gasteiger partial charge in [-0.15, -0.1) is 12.4 Å². The van der Waals surface area contributed by atoms with Crippen molar-refractivity contribution in [3.05, 3.63) is 23.8 Å². The average Bonchev–Trinajstić information content (AvgIpc) is 2.90. The lowest BCUT2D eigenvalue weighted by atomic mass is 10.1. The van der Waals surface area contributed by atoms with Crippen LogP contribution < -0.4 is 16.4 Å². The van der Waals surface area contributed by atoms with Gasteiger partial charge in [0.2, 0.25) is 11.8 Å². The van der Waals surface area contributed by atoms with Crippen molar-refractivity contribution in [2.24, 2.45) is 11.7 Å². The second-order valence-electron chi connectivity index (χ2n) is 6.04. The van der Waals surface area contributed by atoms with E-state index in [1.165, 1.54) is 0 Å². The zero-order valence-electron chi connectivity index (χ0n) is 13.7. The molecular formula is C17H26ClN3O2. The highest BCUT2D eigenvalue weighted by atomic mass is 35.5. The van der Waals surface area contributed by atoms with E-state index in [2.05, 4.69) is 10.6 Å². The van der Waals surface area contributed by atoms with Gasteiger partial charge in [-0.2, -0.15) is 0 Å². The van der Waals surface area contributed by atoms with Crippen molar-refractivity contribution >= 4 is 35.6 Å². The Morgan fingerprint density at radius 2 is 1.87 bits per heavy atom. The Morgan fingerprint density at radius 3 is 2.43 bits per heavy atom. The minimum Gasteiger partial charge on any atom is -0.328 e. The van der Waals surface area contributed by atoms with Gasteiger partial charge in [-0.25, -0.2) is 0 Å². The van der Waals surface area contributed by atoms with Crippen molar-refractivity contribution in [2.45, 2.75) is 52.0 Å². The number of benzene rings is 1. The van der Waals surface area contributed by atoms with Crippen LogP contribution in [0.2, 0.25) is 0 Å². The molecule has 2 atom stereocenters. The van der Waals surface area contributed by atoms with E-state index >= 15 is 0 Å². The van der Waals surface area contributed by atoms with Crippen molar-refractivity contribution < 1.29 is 9.59 Å². The summed E-state index contributed by atoms with van der Waals surface area (Å²) in [4.78, 5) is 24.0. The van der Waals surface area contributed by atoms with Gasteiger partial charge in [0.05, 0.1) is 0 Å². The van der Waals surface area contributed by atoms with Crippen molar-refractivity contribution in [1.82, 2.24) is 0 Å². The highest BCUT2D eigenvalue weighted by Crippen LogP contribution is 2.28. The molecule has 5 nitrogen and oxygen atoms in total. The lowest BCUT2D eigenvalue weighted by Crippen LogP contribution is -2.23. The molecule has 1 aromatic carbocycles. The lowest BCUT2D eigenvalue weighted by molar-refractivity contribution is -0.119. The highest BCUT2D eigenvalue weighted by Gasteiger charge is 2.28. The molecule has 1 saturated carbocycles. The molecule has 1 aliphatic rings. The van der Waals surface area contributed by atoms with Crippen LogP contribution in [0.4, 0.5) is 11.4 Å². The summed E-state index contributed by atoms with van der Waals surface area (Å²) in [6.45, 7) is 3.87. The molecule has 1 aromatic rings. The van der Waals surface area contributed by atoms with Crippen LogP contribution >= 0.6 is 12.4 Å². The summed E-state index contributed by atoms with van der Waals surface area (Å²) in [6.07, 6.45) is 3.81. The van der Waals surface area contributed by atoms with E-state index in [1.807, 2.05) is 32.0 Å². The number of hydrogen-bond donors (Lipinski definition) is 3. The number of anilines is 2. The van der Waals surface area contributed by atoms with Gasteiger partial charge in [0, 0.05) is 29.8 Å². The number of nitrogens with one attached hydrogen (secondary N) is 2. The molecular weight excluding hydrogens is 314 g/mol. The fourth-order valence-electron chi connectivity index (χ4n) is 2.84. The maximum absolute atomic E-state index is 12.3. The third-order valence-electron chi connectivity index (χ3n) is 4.19. The molecule has 128 valence electrons. The van der Waals surface area contributed by atoms with E-state index < -0.39 is 0 Å². The van der Waals surface area contributed by atoms with E-state index in [1.54, 1.807) is 0 Å². The van der Waals surface area contributed by atoms with Crippen LogP contribution in [-0.4, -0.2) is 17.9 Å². The van der Waals surface area contributed by atoms with Crippen LogP contribution in [0.1, 0.15) is 44.6 Å². The number of halogens is 1. The molecule has 0 aliphatic heterocycles. The van der Waals surface area contributed by atoms with Gasteiger partial charge in [0.25, 0.3) is 0 Å². The van der Waals surface area contributed by atoms with Gasteiger partial charge in [-0.3, -0.25) is 9.59 Å². The molecule has 23 heavy (non-hydrogen) atoms. The van der Waals surface area contributed by atoms with Crippen LogP contribution in [0.15, 0.2) is 18.2 Å². The fraction of sp³-hybridized carbons (Fsp3) is 0.529. The zero-order valence-corrected chi connectivity index (χ0v) is 14.5. The molecule has 0 spiro atoms. The molecule has 4 N–H and O–H groups in total. The summed E-state index contributed by atoms with van der Waals surface area (Å²) >= 11 is 0. The highest BCUT2D eigenvalue weighted by molar-refractivity contribution is 5.96. The summed E-state index contributed by atoms with van der Waals surface area (Å²) in [5.74, 6) is 0.0108. The van der Waals surface area contributed by atoms with Gasteiger partial charge in [0.1, 0.15) is 0 Å². The maximum atomic E-state index is 12.3. The predicted molar refractivity (Wildman–Crippen MR) is 95.9 cm³/mol. The van der Waals surface area contributed by atoms with E-state index in [-0.39, 0.29) is 36.2 Å². The molecule has 1 aliphatic carbocycles.